The predicted molar refractivity (Wildman–Crippen MR) is 68.9 cm³/mol. The Labute approximate surface area is 106 Å². The Balaban J connectivity index is 2.16. The summed E-state index contributed by atoms with van der Waals surface area (Å²) in [6, 6.07) is 1.76. The van der Waals surface area contributed by atoms with Crippen molar-refractivity contribution in [3.05, 3.63) is 12.3 Å². The molecule has 1 aromatic rings. The van der Waals surface area contributed by atoms with Gasteiger partial charge < -0.3 is 14.9 Å². The first-order valence-corrected chi connectivity index (χ1v) is 6.03. The van der Waals surface area contributed by atoms with Crippen LogP contribution in [-0.2, 0) is 4.79 Å². The van der Waals surface area contributed by atoms with Crippen LogP contribution >= 0.6 is 0 Å². The Morgan fingerprint density at radius 3 is 2.78 bits per heavy atom. The van der Waals surface area contributed by atoms with Crippen molar-refractivity contribution < 1.29 is 9.90 Å². The van der Waals surface area contributed by atoms with Crippen molar-refractivity contribution in [2.45, 2.75) is 12.8 Å². The molecule has 1 fully saturated rings. The summed E-state index contributed by atoms with van der Waals surface area (Å²) in [4.78, 5) is 23.0. The molecule has 1 saturated carbocycles. The van der Waals surface area contributed by atoms with Gasteiger partial charge in [0.1, 0.15) is 12.4 Å². The molecular formula is C12H18N4O2. The smallest absolute Gasteiger partial charge is 0.323 e. The van der Waals surface area contributed by atoms with Crippen LogP contribution in [0.5, 0.6) is 0 Å². The van der Waals surface area contributed by atoms with Crippen molar-refractivity contribution in [2.75, 3.05) is 37.0 Å². The Hall–Kier alpha value is -1.85. The van der Waals surface area contributed by atoms with Crippen molar-refractivity contribution in [3.8, 4) is 0 Å². The van der Waals surface area contributed by atoms with E-state index in [4.69, 9.17) is 5.11 Å². The molecule has 0 unspecified atom stereocenters. The lowest BCUT2D eigenvalue weighted by atomic mass is 10.3. The van der Waals surface area contributed by atoms with Gasteiger partial charge in [0.05, 0.1) is 0 Å². The van der Waals surface area contributed by atoms with Crippen molar-refractivity contribution in [2.24, 2.45) is 5.92 Å². The fourth-order valence-electron chi connectivity index (χ4n) is 1.75. The van der Waals surface area contributed by atoms with Crippen LogP contribution in [0, 0.1) is 5.92 Å². The van der Waals surface area contributed by atoms with E-state index < -0.39 is 5.97 Å². The fourth-order valence-corrected chi connectivity index (χ4v) is 1.75. The van der Waals surface area contributed by atoms with Crippen LogP contribution in [0.1, 0.15) is 12.8 Å². The number of carboxylic acids is 1. The molecule has 0 saturated heterocycles. The van der Waals surface area contributed by atoms with Crippen LogP contribution in [0.2, 0.25) is 0 Å². The highest BCUT2D eigenvalue weighted by Gasteiger charge is 2.26. The zero-order valence-electron chi connectivity index (χ0n) is 10.7. The number of carbonyl (C=O) groups is 1. The third-order valence-corrected chi connectivity index (χ3v) is 2.85. The highest BCUT2D eigenvalue weighted by molar-refractivity contribution is 5.73. The average Bonchev–Trinajstić information content (AvgIpc) is 3.12. The van der Waals surface area contributed by atoms with Gasteiger partial charge in [0, 0.05) is 26.8 Å². The maximum absolute atomic E-state index is 10.9. The van der Waals surface area contributed by atoms with Crippen molar-refractivity contribution in [1.82, 2.24) is 9.97 Å². The summed E-state index contributed by atoms with van der Waals surface area (Å²) < 4.78 is 0. The van der Waals surface area contributed by atoms with E-state index in [1.807, 2.05) is 19.0 Å². The molecule has 1 aliphatic carbocycles. The molecule has 0 aliphatic heterocycles. The predicted octanol–water partition coefficient (Wildman–Crippen LogP) is 0.844. The first-order valence-electron chi connectivity index (χ1n) is 6.03. The zero-order chi connectivity index (χ0) is 13.1. The second kappa shape index (κ2) is 5.20. The third-order valence-electron chi connectivity index (χ3n) is 2.85. The topological polar surface area (TPSA) is 69.6 Å². The second-order valence-corrected chi connectivity index (χ2v) is 4.83. The number of hydrogen-bond donors (Lipinski definition) is 1. The van der Waals surface area contributed by atoms with Gasteiger partial charge in [0.2, 0.25) is 5.95 Å². The van der Waals surface area contributed by atoms with Crippen LogP contribution in [0.15, 0.2) is 12.3 Å². The van der Waals surface area contributed by atoms with Gasteiger partial charge in [-0.25, -0.2) is 4.98 Å². The molecule has 1 N–H and O–H groups in total. The SMILES string of the molecule is CN(C)c1nccc(N(CC(=O)O)CC2CC2)n1. The zero-order valence-corrected chi connectivity index (χ0v) is 10.7. The Kier molecular flexibility index (Phi) is 3.64. The molecule has 0 spiro atoms. The summed E-state index contributed by atoms with van der Waals surface area (Å²) in [7, 11) is 3.73. The van der Waals surface area contributed by atoms with E-state index in [1.54, 1.807) is 17.2 Å². The molecule has 6 heteroatoms. The van der Waals surface area contributed by atoms with Gasteiger partial charge in [-0.3, -0.25) is 4.79 Å². The second-order valence-electron chi connectivity index (χ2n) is 4.83. The maximum Gasteiger partial charge on any atom is 0.323 e. The normalized spacial score (nSPS) is 14.3. The summed E-state index contributed by atoms with van der Waals surface area (Å²) in [6.07, 6.45) is 4.03. The van der Waals surface area contributed by atoms with Crippen molar-refractivity contribution >= 4 is 17.7 Å². The standard InChI is InChI=1S/C12H18N4O2/c1-15(2)12-13-6-5-10(14-12)16(8-11(17)18)7-9-3-4-9/h5-6,9H,3-4,7-8H2,1-2H3,(H,17,18). The lowest BCUT2D eigenvalue weighted by Crippen LogP contribution is -2.32. The molecule has 0 amide bonds. The number of carboxylic acid groups (broad SMARTS) is 1. The van der Waals surface area contributed by atoms with E-state index in [2.05, 4.69) is 9.97 Å². The van der Waals surface area contributed by atoms with E-state index in [1.165, 1.54) is 12.8 Å². The number of aromatic nitrogens is 2. The van der Waals surface area contributed by atoms with Gasteiger partial charge in [0.25, 0.3) is 0 Å². The summed E-state index contributed by atoms with van der Waals surface area (Å²) in [5.74, 6) is 1.06. The average molecular weight is 250 g/mol. The van der Waals surface area contributed by atoms with Crippen LogP contribution in [-0.4, -0.2) is 48.2 Å². The van der Waals surface area contributed by atoms with Crippen molar-refractivity contribution in [1.29, 1.82) is 0 Å². The van der Waals surface area contributed by atoms with E-state index >= 15 is 0 Å². The molecule has 0 radical (unpaired) electrons. The molecule has 1 heterocycles. The van der Waals surface area contributed by atoms with Gasteiger partial charge in [-0.1, -0.05) is 0 Å². The van der Waals surface area contributed by atoms with Gasteiger partial charge >= 0.3 is 5.97 Å². The molecular weight excluding hydrogens is 232 g/mol. The molecule has 2 rings (SSSR count). The molecule has 1 aromatic heterocycles. The van der Waals surface area contributed by atoms with Crippen LogP contribution < -0.4 is 9.80 Å². The molecule has 0 aromatic carbocycles. The first kappa shape index (κ1) is 12.6. The summed E-state index contributed by atoms with van der Waals surface area (Å²) in [6.45, 7) is 0.747. The highest BCUT2D eigenvalue weighted by atomic mass is 16.4. The summed E-state index contributed by atoms with van der Waals surface area (Å²) in [5.41, 5.74) is 0. The van der Waals surface area contributed by atoms with Crippen LogP contribution in [0.4, 0.5) is 11.8 Å². The van der Waals surface area contributed by atoms with E-state index in [0.29, 0.717) is 17.7 Å². The Morgan fingerprint density at radius 2 is 2.22 bits per heavy atom. The molecule has 0 bridgehead atoms. The van der Waals surface area contributed by atoms with Crippen LogP contribution in [0.25, 0.3) is 0 Å². The summed E-state index contributed by atoms with van der Waals surface area (Å²) >= 11 is 0. The third kappa shape index (κ3) is 3.32. The van der Waals surface area contributed by atoms with E-state index in [-0.39, 0.29) is 6.54 Å². The van der Waals surface area contributed by atoms with Gasteiger partial charge in [-0.15, -0.1) is 0 Å². The number of nitrogens with zero attached hydrogens (tertiary/aromatic N) is 4. The fraction of sp³-hybridized carbons (Fsp3) is 0.583. The van der Waals surface area contributed by atoms with Crippen molar-refractivity contribution in [3.63, 3.8) is 0 Å². The minimum Gasteiger partial charge on any atom is -0.480 e. The Morgan fingerprint density at radius 1 is 1.50 bits per heavy atom. The Bertz CT molecular complexity index is 432. The molecule has 6 nitrogen and oxygen atoms in total. The lowest BCUT2D eigenvalue weighted by Gasteiger charge is -2.22. The highest BCUT2D eigenvalue weighted by Crippen LogP contribution is 2.31. The van der Waals surface area contributed by atoms with E-state index in [0.717, 1.165) is 6.54 Å². The number of hydrogen-bond acceptors (Lipinski definition) is 5. The maximum atomic E-state index is 10.9. The molecule has 98 valence electrons. The van der Waals surface area contributed by atoms with E-state index in [9.17, 15) is 4.79 Å². The number of rotatable bonds is 6. The first-order chi connectivity index (χ1) is 8.56. The van der Waals surface area contributed by atoms with Crippen LogP contribution in [0.3, 0.4) is 0 Å². The molecule has 18 heavy (non-hydrogen) atoms. The number of aliphatic carboxylic acids is 1. The largest absolute Gasteiger partial charge is 0.480 e. The quantitative estimate of drug-likeness (QED) is 0.807. The minimum absolute atomic E-state index is 0.0135. The molecule has 0 atom stereocenters. The number of anilines is 2. The summed E-state index contributed by atoms with van der Waals surface area (Å²) in [5, 5.41) is 8.96. The van der Waals surface area contributed by atoms with Gasteiger partial charge in [-0.2, -0.15) is 4.98 Å². The van der Waals surface area contributed by atoms with Gasteiger partial charge in [0.15, 0.2) is 0 Å². The monoisotopic (exact) mass is 250 g/mol. The molecule has 1 aliphatic rings. The lowest BCUT2D eigenvalue weighted by molar-refractivity contribution is -0.135. The minimum atomic E-state index is -0.833. The van der Waals surface area contributed by atoms with Gasteiger partial charge in [-0.05, 0) is 24.8 Å².